The van der Waals surface area contributed by atoms with Gasteiger partial charge >= 0.3 is 0 Å². The number of benzene rings is 1. The third kappa shape index (κ3) is 2.04. The Morgan fingerprint density at radius 3 is 2.72 bits per heavy atom. The summed E-state index contributed by atoms with van der Waals surface area (Å²) in [6.07, 6.45) is 0. The molecule has 0 amide bonds. The molecule has 0 atom stereocenters. The number of rotatable bonds is 2. The predicted octanol–water partition coefficient (Wildman–Crippen LogP) is 3.26. The summed E-state index contributed by atoms with van der Waals surface area (Å²) in [6.45, 7) is 1.88. The molecule has 1 aromatic carbocycles. The van der Waals surface area contributed by atoms with Crippen LogP contribution in [0.25, 0.3) is 11.1 Å². The molecule has 3 aromatic rings. The number of oxazole rings is 1. The van der Waals surface area contributed by atoms with E-state index in [2.05, 4.69) is 9.97 Å². The summed E-state index contributed by atoms with van der Waals surface area (Å²) in [5.41, 5.74) is 8.88. The molecule has 0 saturated carbocycles. The lowest BCUT2D eigenvalue weighted by Crippen LogP contribution is -1.93. The van der Waals surface area contributed by atoms with Crippen molar-refractivity contribution in [2.45, 2.75) is 17.2 Å². The Labute approximate surface area is 108 Å². The van der Waals surface area contributed by atoms with Crippen LogP contribution < -0.4 is 5.73 Å². The van der Waals surface area contributed by atoms with E-state index in [4.69, 9.17) is 10.2 Å². The average molecular weight is 257 g/mol. The zero-order valence-corrected chi connectivity index (χ0v) is 10.6. The molecule has 0 bridgehead atoms. The molecule has 0 aliphatic rings. The van der Waals surface area contributed by atoms with Crippen LogP contribution in [0.5, 0.6) is 0 Å². The van der Waals surface area contributed by atoms with Gasteiger partial charge in [-0.3, -0.25) is 0 Å². The minimum atomic E-state index is 0.591. The quantitative estimate of drug-likeness (QED) is 0.763. The second-order valence-corrected chi connectivity index (χ2v) is 4.85. The third-order valence-electron chi connectivity index (χ3n) is 2.57. The standard InChI is InChI=1S/C13H11N3OS/c1-8-9(14)6-7-12(15-8)18-13-16-10-4-2-3-5-11(10)17-13/h2-7H,14H2,1H3. The number of pyridine rings is 1. The van der Waals surface area contributed by atoms with Gasteiger partial charge in [0.1, 0.15) is 10.5 Å². The average Bonchev–Trinajstić information content (AvgIpc) is 2.76. The van der Waals surface area contributed by atoms with Crippen molar-refractivity contribution in [1.29, 1.82) is 0 Å². The summed E-state index contributed by atoms with van der Waals surface area (Å²) in [7, 11) is 0. The van der Waals surface area contributed by atoms with E-state index in [1.165, 1.54) is 11.8 Å². The van der Waals surface area contributed by atoms with Crippen LogP contribution in [0.15, 0.2) is 51.1 Å². The number of para-hydroxylation sites is 2. The smallest absolute Gasteiger partial charge is 0.263 e. The number of hydrogen-bond donors (Lipinski definition) is 1. The van der Waals surface area contributed by atoms with Crippen LogP contribution in [-0.2, 0) is 0 Å². The first kappa shape index (κ1) is 11.1. The van der Waals surface area contributed by atoms with Gasteiger partial charge in [0.2, 0.25) is 0 Å². The highest BCUT2D eigenvalue weighted by molar-refractivity contribution is 7.99. The second-order valence-electron chi connectivity index (χ2n) is 3.87. The van der Waals surface area contributed by atoms with E-state index in [9.17, 15) is 0 Å². The molecule has 0 aliphatic carbocycles. The molecule has 18 heavy (non-hydrogen) atoms. The monoisotopic (exact) mass is 257 g/mol. The van der Waals surface area contributed by atoms with Gasteiger partial charge in [-0.05, 0) is 43.0 Å². The lowest BCUT2D eigenvalue weighted by atomic mass is 10.3. The zero-order chi connectivity index (χ0) is 12.5. The van der Waals surface area contributed by atoms with E-state index >= 15 is 0 Å². The second kappa shape index (κ2) is 4.34. The van der Waals surface area contributed by atoms with Crippen LogP contribution >= 0.6 is 11.8 Å². The maximum atomic E-state index is 5.73. The zero-order valence-electron chi connectivity index (χ0n) is 9.75. The van der Waals surface area contributed by atoms with Gasteiger partial charge in [0.25, 0.3) is 5.22 Å². The Bertz CT molecular complexity index is 675. The number of nitrogen functional groups attached to an aromatic ring is 1. The Kier molecular flexibility index (Phi) is 2.68. The molecular weight excluding hydrogens is 246 g/mol. The number of hydrogen-bond acceptors (Lipinski definition) is 5. The lowest BCUT2D eigenvalue weighted by Gasteiger charge is -2.00. The molecule has 0 aliphatic heterocycles. The largest absolute Gasteiger partial charge is 0.431 e. The number of fused-ring (bicyclic) bond motifs is 1. The fraction of sp³-hybridized carbons (Fsp3) is 0.0769. The Morgan fingerprint density at radius 2 is 1.94 bits per heavy atom. The highest BCUT2D eigenvalue weighted by Crippen LogP contribution is 2.29. The number of anilines is 1. The number of nitrogens with zero attached hydrogens (tertiary/aromatic N) is 2. The lowest BCUT2D eigenvalue weighted by molar-refractivity contribution is 0.489. The highest BCUT2D eigenvalue weighted by atomic mass is 32.2. The van der Waals surface area contributed by atoms with Crippen LogP contribution in [0.4, 0.5) is 5.69 Å². The number of aromatic nitrogens is 2. The van der Waals surface area contributed by atoms with Gasteiger partial charge in [-0.15, -0.1) is 0 Å². The van der Waals surface area contributed by atoms with E-state index in [-0.39, 0.29) is 0 Å². The van der Waals surface area contributed by atoms with Gasteiger partial charge in [-0.25, -0.2) is 9.97 Å². The summed E-state index contributed by atoms with van der Waals surface area (Å²) in [5.74, 6) is 0. The first-order valence-electron chi connectivity index (χ1n) is 5.49. The summed E-state index contributed by atoms with van der Waals surface area (Å²) in [5, 5.41) is 1.42. The SMILES string of the molecule is Cc1nc(Sc2nc3ccccc3o2)ccc1N. The first-order chi connectivity index (χ1) is 8.72. The summed E-state index contributed by atoms with van der Waals surface area (Å²) < 4.78 is 5.62. The van der Waals surface area contributed by atoms with Gasteiger partial charge in [-0.1, -0.05) is 12.1 Å². The highest BCUT2D eigenvalue weighted by Gasteiger charge is 2.08. The van der Waals surface area contributed by atoms with Gasteiger partial charge in [-0.2, -0.15) is 0 Å². The van der Waals surface area contributed by atoms with E-state index in [1.54, 1.807) is 0 Å². The van der Waals surface area contributed by atoms with Crippen LogP contribution in [0.3, 0.4) is 0 Å². The molecule has 2 heterocycles. The van der Waals surface area contributed by atoms with Crippen molar-refractivity contribution in [3.8, 4) is 0 Å². The van der Waals surface area contributed by atoms with Crippen molar-refractivity contribution in [2.24, 2.45) is 0 Å². The van der Waals surface area contributed by atoms with Crippen molar-refractivity contribution >= 4 is 28.5 Å². The normalized spacial score (nSPS) is 10.9. The molecular formula is C13H11N3OS. The maximum Gasteiger partial charge on any atom is 0.263 e. The summed E-state index contributed by atoms with van der Waals surface area (Å²) >= 11 is 1.39. The van der Waals surface area contributed by atoms with Crippen molar-refractivity contribution in [3.05, 3.63) is 42.1 Å². The van der Waals surface area contributed by atoms with Gasteiger partial charge in [0.15, 0.2) is 5.58 Å². The minimum Gasteiger partial charge on any atom is -0.431 e. The van der Waals surface area contributed by atoms with E-state index in [0.717, 1.165) is 21.8 Å². The van der Waals surface area contributed by atoms with E-state index in [1.807, 2.05) is 43.3 Å². The molecule has 3 rings (SSSR count). The Balaban J connectivity index is 1.93. The van der Waals surface area contributed by atoms with Crippen molar-refractivity contribution in [1.82, 2.24) is 9.97 Å². The fourth-order valence-corrected chi connectivity index (χ4v) is 2.36. The summed E-state index contributed by atoms with van der Waals surface area (Å²) in [6, 6.07) is 11.4. The Morgan fingerprint density at radius 1 is 1.11 bits per heavy atom. The molecule has 90 valence electrons. The maximum absolute atomic E-state index is 5.73. The molecule has 0 spiro atoms. The minimum absolute atomic E-state index is 0.591. The molecule has 2 N–H and O–H groups in total. The van der Waals surface area contributed by atoms with Gasteiger partial charge in [0.05, 0.1) is 11.4 Å². The topological polar surface area (TPSA) is 64.9 Å². The van der Waals surface area contributed by atoms with Crippen molar-refractivity contribution in [2.75, 3.05) is 5.73 Å². The predicted molar refractivity (Wildman–Crippen MR) is 71.5 cm³/mol. The van der Waals surface area contributed by atoms with Crippen LogP contribution in [0.1, 0.15) is 5.69 Å². The van der Waals surface area contributed by atoms with Crippen molar-refractivity contribution < 1.29 is 4.42 Å². The molecule has 0 saturated heterocycles. The molecule has 5 heteroatoms. The number of nitrogens with two attached hydrogens (primary N) is 1. The van der Waals surface area contributed by atoms with Gasteiger partial charge < -0.3 is 10.2 Å². The molecule has 4 nitrogen and oxygen atoms in total. The van der Waals surface area contributed by atoms with Crippen LogP contribution in [-0.4, -0.2) is 9.97 Å². The van der Waals surface area contributed by atoms with E-state index in [0.29, 0.717) is 10.9 Å². The molecule has 0 fully saturated rings. The third-order valence-corrected chi connectivity index (χ3v) is 3.35. The van der Waals surface area contributed by atoms with Crippen molar-refractivity contribution in [3.63, 3.8) is 0 Å². The Hall–Kier alpha value is -2.01. The molecule has 0 radical (unpaired) electrons. The van der Waals surface area contributed by atoms with Crippen LogP contribution in [0.2, 0.25) is 0 Å². The fourth-order valence-electron chi connectivity index (χ4n) is 1.59. The molecule has 2 aromatic heterocycles. The summed E-state index contributed by atoms with van der Waals surface area (Å²) in [4.78, 5) is 8.76. The number of aryl methyl sites for hydroxylation is 1. The molecule has 0 unspecified atom stereocenters. The van der Waals surface area contributed by atoms with E-state index < -0.39 is 0 Å². The first-order valence-corrected chi connectivity index (χ1v) is 6.30. The van der Waals surface area contributed by atoms with Gasteiger partial charge in [0, 0.05) is 0 Å². The van der Waals surface area contributed by atoms with Crippen LogP contribution in [0, 0.1) is 6.92 Å².